The van der Waals surface area contributed by atoms with Gasteiger partial charge in [-0.05, 0) is 72.2 Å². The van der Waals surface area contributed by atoms with Crippen LogP contribution in [-0.4, -0.2) is 20.2 Å². The molecule has 21 heavy (non-hydrogen) atoms. The lowest BCUT2D eigenvalue weighted by molar-refractivity contribution is 0.209. The number of hydrogen-bond acceptors (Lipinski definition) is 4. The Labute approximate surface area is 125 Å². The number of nitrogens with two attached hydrogens (primary N) is 1. The van der Waals surface area contributed by atoms with E-state index in [2.05, 4.69) is 35.4 Å². The Balaban J connectivity index is 1.97. The molecule has 2 unspecified atom stereocenters. The van der Waals surface area contributed by atoms with Crippen LogP contribution >= 0.6 is 0 Å². The van der Waals surface area contributed by atoms with E-state index in [0.717, 1.165) is 47.3 Å². The molecule has 1 aromatic heterocycles. The van der Waals surface area contributed by atoms with Crippen LogP contribution in [0.25, 0.3) is 11.4 Å². The van der Waals surface area contributed by atoms with Gasteiger partial charge in [0.05, 0.1) is 6.04 Å². The molecular formula is C16H23N5. The molecule has 1 aliphatic rings. The van der Waals surface area contributed by atoms with Gasteiger partial charge >= 0.3 is 0 Å². The summed E-state index contributed by atoms with van der Waals surface area (Å²) in [5.74, 6) is 2.27. The van der Waals surface area contributed by atoms with Crippen molar-refractivity contribution in [3.8, 4) is 11.4 Å². The summed E-state index contributed by atoms with van der Waals surface area (Å²) in [7, 11) is 0. The summed E-state index contributed by atoms with van der Waals surface area (Å²) in [5, 5.41) is 12.4. The molecule has 0 radical (unpaired) electrons. The summed E-state index contributed by atoms with van der Waals surface area (Å²) in [4.78, 5) is 0. The van der Waals surface area contributed by atoms with Gasteiger partial charge in [0.1, 0.15) is 0 Å². The third-order valence-electron chi connectivity index (χ3n) is 4.35. The molecule has 5 nitrogen and oxygen atoms in total. The molecule has 1 saturated carbocycles. The molecule has 1 aromatic carbocycles. The first-order valence-corrected chi connectivity index (χ1v) is 7.68. The fourth-order valence-corrected chi connectivity index (χ4v) is 3.68. The van der Waals surface area contributed by atoms with Crippen LogP contribution in [0.3, 0.4) is 0 Å². The maximum Gasteiger partial charge on any atom is 0.182 e. The first kappa shape index (κ1) is 14.0. The summed E-state index contributed by atoms with van der Waals surface area (Å²) in [6, 6.07) is 6.39. The second-order valence-corrected chi connectivity index (χ2v) is 6.65. The summed E-state index contributed by atoms with van der Waals surface area (Å²) in [5.41, 5.74) is 8.85. The molecule has 1 fully saturated rings. The van der Waals surface area contributed by atoms with Crippen molar-refractivity contribution in [1.82, 2.24) is 20.2 Å². The van der Waals surface area contributed by atoms with Crippen molar-refractivity contribution in [2.75, 3.05) is 5.73 Å². The Bertz CT molecular complexity index is 603. The predicted molar refractivity (Wildman–Crippen MR) is 83.6 cm³/mol. The Morgan fingerprint density at radius 1 is 1.10 bits per heavy atom. The largest absolute Gasteiger partial charge is 0.399 e. The Kier molecular flexibility index (Phi) is 3.66. The molecule has 0 bridgehead atoms. The monoisotopic (exact) mass is 285 g/mol. The zero-order chi connectivity index (χ0) is 15.0. The molecule has 2 atom stereocenters. The number of aryl methyl sites for hydroxylation is 1. The molecule has 0 amide bonds. The maximum absolute atomic E-state index is 5.96. The van der Waals surface area contributed by atoms with E-state index in [1.165, 1.54) is 6.42 Å². The third-order valence-corrected chi connectivity index (χ3v) is 4.35. The van der Waals surface area contributed by atoms with E-state index in [4.69, 9.17) is 5.73 Å². The molecule has 1 heterocycles. The number of anilines is 1. The standard InChI is InChI=1S/C16H23N5/c1-10-4-11(2)8-15(7-10)21-16(18-19-20-21)13-5-12(3)6-14(17)9-13/h5-6,9-11,15H,4,7-8,17H2,1-3H3. The summed E-state index contributed by atoms with van der Waals surface area (Å²) in [6.45, 7) is 6.67. The molecular weight excluding hydrogens is 262 g/mol. The number of hydrogen-bond donors (Lipinski definition) is 1. The van der Waals surface area contributed by atoms with Crippen LogP contribution < -0.4 is 5.73 Å². The molecule has 2 aromatic rings. The molecule has 112 valence electrons. The molecule has 5 heteroatoms. The van der Waals surface area contributed by atoms with Gasteiger partial charge in [-0.3, -0.25) is 0 Å². The zero-order valence-electron chi connectivity index (χ0n) is 13.0. The Hall–Kier alpha value is -1.91. The van der Waals surface area contributed by atoms with Gasteiger partial charge in [0, 0.05) is 11.3 Å². The van der Waals surface area contributed by atoms with Gasteiger partial charge in [-0.25, -0.2) is 4.68 Å². The molecule has 0 saturated heterocycles. The zero-order valence-corrected chi connectivity index (χ0v) is 13.0. The summed E-state index contributed by atoms with van der Waals surface area (Å²) >= 11 is 0. The number of tetrazole rings is 1. The number of nitrogens with zero attached hydrogens (tertiary/aromatic N) is 4. The van der Waals surface area contributed by atoms with Crippen molar-refractivity contribution in [3.05, 3.63) is 23.8 Å². The normalized spacial score (nSPS) is 26.0. The highest BCUT2D eigenvalue weighted by atomic mass is 15.5. The second kappa shape index (κ2) is 5.47. The van der Waals surface area contributed by atoms with Gasteiger partial charge in [-0.15, -0.1) is 5.10 Å². The lowest BCUT2D eigenvalue weighted by atomic mass is 9.80. The molecule has 3 rings (SSSR count). The van der Waals surface area contributed by atoms with Crippen LogP contribution in [0.1, 0.15) is 44.7 Å². The van der Waals surface area contributed by atoms with Gasteiger partial charge in [-0.1, -0.05) is 13.8 Å². The molecule has 0 aliphatic heterocycles. The summed E-state index contributed by atoms with van der Waals surface area (Å²) in [6.07, 6.45) is 3.58. The smallest absolute Gasteiger partial charge is 0.182 e. The van der Waals surface area contributed by atoms with Gasteiger partial charge < -0.3 is 5.73 Å². The van der Waals surface area contributed by atoms with E-state index in [0.29, 0.717) is 6.04 Å². The number of benzene rings is 1. The van der Waals surface area contributed by atoms with Crippen LogP contribution in [0.5, 0.6) is 0 Å². The highest BCUT2D eigenvalue weighted by Gasteiger charge is 2.28. The minimum absolute atomic E-state index is 0.385. The molecule has 0 spiro atoms. The lowest BCUT2D eigenvalue weighted by Crippen LogP contribution is -2.24. The minimum Gasteiger partial charge on any atom is -0.399 e. The highest BCUT2D eigenvalue weighted by Crippen LogP contribution is 2.37. The van der Waals surface area contributed by atoms with Gasteiger partial charge in [0.2, 0.25) is 0 Å². The van der Waals surface area contributed by atoms with Crippen LogP contribution in [0, 0.1) is 18.8 Å². The lowest BCUT2D eigenvalue weighted by Gasteiger charge is -2.31. The Morgan fingerprint density at radius 2 is 1.81 bits per heavy atom. The quantitative estimate of drug-likeness (QED) is 0.860. The van der Waals surface area contributed by atoms with Crippen LogP contribution in [-0.2, 0) is 0 Å². The first-order valence-electron chi connectivity index (χ1n) is 7.68. The van der Waals surface area contributed by atoms with E-state index >= 15 is 0 Å². The number of nitrogen functional groups attached to an aromatic ring is 1. The van der Waals surface area contributed by atoms with Crippen molar-refractivity contribution >= 4 is 5.69 Å². The SMILES string of the molecule is Cc1cc(N)cc(-c2nnnn2C2CC(C)CC(C)C2)c1. The molecule has 1 aliphatic carbocycles. The van der Waals surface area contributed by atoms with Crippen LogP contribution in [0.2, 0.25) is 0 Å². The summed E-state index contributed by atoms with van der Waals surface area (Å²) < 4.78 is 2.00. The van der Waals surface area contributed by atoms with Crippen molar-refractivity contribution in [3.63, 3.8) is 0 Å². The van der Waals surface area contributed by atoms with Crippen LogP contribution in [0.15, 0.2) is 18.2 Å². The maximum atomic E-state index is 5.96. The van der Waals surface area contributed by atoms with Gasteiger partial charge in [0.25, 0.3) is 0 Å². The van der Waals surface area contributed by atoms with Crippen LogP contribution in [0.4, 0.5) is 5.69 Å². The fourth-order valence-electron chi connectivity index (χ4n) is 3.68. The van der Waals surface area contributed by atoms with Gasteiger partial charge in [0.15, 0.2) is 5.82 Å². The third kappa shape index (κ3) is 2.91. The van der Waals surface area contributed by atoms with Crippen molar-refractivity contribution in [1.29, 1.82) is 0 Å². The van der Waals surface area contributed by atoms with E-state index in [-0.39, 0.29) is 0 Å². The first-order chi connectivity index (χ1) is 10.0. The topological polar surface area (TPSA) is 69.6 Å². The second-order valence-electron chi connectivity index (χ2n) is 6.65. The van der Waals surface area contributed by atoms with Crippen molar-refractivity contribution < 1.29 is 0 Å². The average Bonchev–Trinajstić information content (AvgIpc) is 2.85. The number of rotatable bonds is 2. The van der Waals surface area contributed by atoms with E-state index in [1.807, 2.05) is 23.7 Å². The fraction of sp³-hybridized carbons (Fsp3) is 0.562. The predicted octanol–water partition coefficient (Wildman–Crippen LogP) is 3.23. The van der Waals surface area contributed by atoms with Crippen molar-refractivity contribution in [2.45, 2.75) is 46.1 Å². The van der Waals surface area contributed by atoms with E-state index < -0.39 is 0 Å². The van der Waals surface area contributed by atoms with E-state index in [9.17, 15) is 0 Å². The van der Waals surface area contributed by atoms with Gasteiger partial charge in [-0.2, -0.15) is 0 Å². The molecule has 2 N–H and O–H groups in total. The van der Waals surface area contributed by atoms with Crippen molar-refractivity contribution in [2.24, 2.45) is 11.8 Å². The minimum atomic E-state index is 0.385. The average molecular weight is 285 g/mol. The Morgan fingerprint density at radius 3 is 2.48 bits per heavy atom. The van der Waals surface area contributed by atoms with E-state index in [1.54, 1.807) is 0 Å². The number of aromatic nitrogens is 4. The highest BCUT2D eigenvalue weighted by molar-refractivity contribution is 5.62.